The molecule has 0 bridgehead atoms. The van der Waals surface area contributed by atoms with Crippen LogP contribution in [0.2, 0.25) is 5.02 Å². The van der Waals surface area contributed by atoms with Crippen molar-refractivity contribution in [2.75, 3.05) is 13.2 Å². The summed E-state index contributed by atoms with van der Waals surface area (Å²) < 4.78 is 17.1. The molecule has 0 aromatic heterocycles. The van der Waals surface area contributed by atoms with Gasteiger partial charge in [0, 0.05) is 10.6 Å². The first kappa shape index (κ1) is 18.6. The number of rotatable bonds is 7. The molecule has 0 aliphatic heterocycles. The molecule has 2 rings (SSSR count). The summed E-state index contributed by atoms with van der Waals surface area (Å²) in [4.78, 5) is 11.9. The van der Waals surface area contributed by atoms with Gasteiger partial charge in [0.2, 0.25) is 0 Å². The van der Waals surface area contributed by atoms with E-state index in [1.165, 1.54) is 0 Å². The van der Waals surface area contributed by atoms with E-state index in [4.69, 9.17) is 25.8 Å². The maximum atomic E-state index is 11.9. The third kappa shape index (κ3) is 4.65. The summed E-state index contributed by atoms with van der Waals surface area (Å²) in [6, 6.07) is 10.7. The van der Waals surface area contributed by atoms with Crippen LogP contribution in [-0.2, 0) is 11.3 Å². The SMILES string of the molecule is CCOC(=O)c1cc(Br)c(OCc2ccccc2Cl)c(OCC)c1. The van der Waals surface area contributed by atoms with Gasteiger partial charge >= 0.3 is 5.97 Å². The van der Waals surface area contributed by atoms with Gasteiger partial charge in [0.15, 0.2) is 11.5 Å². The highest BCUT2D eigenvalue weighted by molar-refractivity contribution is 9.10. The monoisotopic (exact) mass is 412 g/mol. The van der Waals surface area contributed by atoms with Crippen molar-refractivity contribution in [1.29, 1.82) is 0 Å². The van der Waals surface area contributed by atoms with Gasteiger partial charge in [0.1, 0.15) is 6.61 Å². The fourth-order valence-electron chi connectivity index (χ4n) is 2.07. The molecule has 0 radical (unpaired) electrons. The lowest BCUT2D eigenvalue weighted by Gasteiger charge is -2.15. The maximum absolute atomic E-state index is 11.9. The van der Waals surface area contributed by atoms with E-state index in [1.807, 2.05) is 31.2 Å². The van der Waals surface area contributed by atoms with Crippen LogP contribution >= 0.6 is 27.5 Å². The van der Waals surface area contributed by atoms with Crippen LogP contribution in [0.4, 0.5) is 0 Å². The minimum Gasteiger partial charge on any atom is -0.490 e. The highest BCUT2D eigenvalue weighted by Crippen LogP contribution is 2.38. The molecule has 0 heterocycles. The van der Waals surface area contributed by atoms with E-state index in [2.05, 4.69) is 15.9 Å². The van der Waals surface area contributed by atoms with Gasteiger partial charge in [0.25, 0.3) is 0 Å². The van der Waals surface area contributed by atoms with Gasteiger partial charge in [-0.25, -0.2) is 4.79 Å². The zero-order valence-corrected chi connectivity index (χ0v) is 15.8. The standard InChI is InChI=1S/C18H18BrClO4/c1-3-22-16-10-13(18(21)23-4-2)9-14(19)17(16)24-11-12-7-5-6-8-15(12)20/h5-10H,3-4,11H2,1-2H3. The fourth-order valence-corrected chi connectivity index (χ4v) is 2.82. The summed E-state index contributed by atoms with van der Waals surface area (Å²) in [7, 11) is 0. The van der Waals surface area contributed by atoms with E-state index in [0.717, 1.165) is 5.56 Å². The van der Waals surface area contributed by atoms with Crippen molar-refractivity contribution in [1.82, 2.24) is 0 Å². The van der Waals surface area contributed by atoms with Crippen LogP contribution in [0.25, 0.3) is 0 Å². The highest BCUT2D eigenvalue weighted by atomic mass is 79.9. The van der Waals surface area contributed by atoms with Gasteiger partial charge in [-0.3, -0.25) is 0 Å². The summed E-state index contributed by atoms with van der Waals surface area (Å²) in [5, 5.41) is 0.634. The number of hydrogen-bond acceptors (Lipinski definition) is 4. The van der Waals surface area contributed by atoms with Crippen LogP contribution in [0.15, 0.2) is 40.9 Å². The fraction of sp³-hybridized carbons (Fsp3) is 0.278. The van der Waals surface area contributed by atoms with Gasteiger partial charge in [-0.05, 0) is 48.0 Å². The molecule has 2 aromatic rings. The molecule has 6 heteroatoms. The van der Waals surface area contributed by atoms with E-state index < -0.39 is 5.97 Å². The van der Waals surface area contributed by atoms with Crippen LogP contribution in [0.3, 0.4) is 0 Å². The Kier molecular flexibility index (Phi) is 6.94. The number of benzene rings is 2. The lowest BCUT2D eigenvalue weighted by atomic mass is 10.2. The second kappa shape index (κ2) is 8.94. The molecule has 0 fully saturated rings. The first-order valence-electron chi connectivity index (χ1n) is 7.56. The van der Waals surface area contributed by atoms with Crippen LogP contribution in [0.1, 0.15) is 29.8 Å². The van der Waals surface area contributed by atoms with Crippen molar-refractivity contribution in [3.8, 4) is 11.5 Å². The molecule has 128 valence electrons. The van der Waals surface area contributed by atoms with E-state index in [9.17, 15) is 4.79 Å². The summed E-state index contributed by atoms with van der Waals surface area (Å²) in [6.07, 6.45) is 0. The Labute approximate surface area is 154 Å². The van der Waals surface area contributed by atoms with Crippen LogP contribution in [0, 0.1) is 0 Å². The molecule has 2 aromatic carbocycles. The zero-order valence-electron chi connectivity index (χ0n) is 13.5. The smallest absolute Gasteiger partial charge is 0.338 e. The quantitative estimate of drug-likeness (QED) is 0.581. The van der Waals surface area contributed by atoms with Crippen molar-refractivity contribution < 1.29 is 19.0 Å². The largest absolute Gasteiger partial charge is 0.490 e. The summed E-state index contributed by atoms with van der Waals surface area (Å²) in [5.41, 5.74) is 1.26. The second-order valence-corrected chi connectivity index (χ2v) is 6.08. The van der Waals surface area contributed by atoms with E-state index in [1.54, 1.807) is 19.1 Å². The van der Waals surface area contributed by atoms with Crippen molar-refractivity contribution in [2.45, 2.75) is 20.5 Å². The van der Waals surface area contributed by atoms with Gasteiger partial charge < -0.3 is 14.2 Å². The molecule has 0 aliphatic carbocycles. The molecule has 0 saturated heterocycles. The van der Waals surface area contributed by atoms with Gasteiger partial charge in [-0.15, -0.1) is 0 Å². The molecule has 4 nitrogen and oxygen atoms in total. The Morgan fingerprint density at radius 2 is 1.88 bits per heavy atom. The minimum absolute atomic E-state index is 0.289. The molecule has 0 N–H and O–H groups in total. The molecule has 0 amide bonds. The molecular weight excluding hydrogens is 396 g/mol. The third-order valence-electron chi connectivity index (χ3n) is 3.15. The lowest BCUT2D eigenvalue weighted by molar-refractivity contribution is 0.0525. The molecule has 0 aliphatic rings. The number of carbonyl (C=O) groups excluding carboxylic acids is 1. The first-order valence-corrected chi connectivity index (χ1v) is 8.73. The Morgan fingerprint density at radius 3 is 2.54 bits per heavy atom. The average Bonchev–Trinajstić information content (AvgIpc) is 2.56. The average molecular weight is 414 g/mol. The van der Waals surface area contributed by atoms with E-state index >= 15 is 0 Å². The van der Waals surface area contributed by atoms with Crippen molar-refractivity contribution in [3.63, 3.8) is 0 Å². The Balaban J connectivity index is 2.28. The van der Waals surface area contributed by atoms with Crippen molar-refractivity contribution in [3.05, 3.63) is 57.0 Å². The van der Waals surface area contributed by atoms with Crippen LogP contribution in [0.5, 0.6) is 11.5 Å². The molecular formula is C18H18BrClO4. The van der Waals surface area contributed by atoms with Crippen molar-refractivity contribution in [2.24, 2.45) is 0 Å². The third-order valence-corrected chi connectivity index (χ3v) is 4.11. The first-order chi connectivity index (χ1) is 11.6. The molecule has 24 heavy (non-hydrogen) atoms. The minimum atomic E-state index is -0.406. The van der Waals surface area contributed by atoms with Crippen LogP contribution in [-0.4, -0.2) is 19.2 Å². The predicted molar refractivity (Wildman–Crippen MR) is 97.1 cm³/mol. The van der Waals surface area contributed by atoms with Crippen molar-refractivity contribution >= 4 is 33.5 Å². The van der Waals surface area contributed by atoms with E-state index in [-0.39, 0.29) is 6.61 Å². The summed E-state index contributed by atoms with van der Waals surface area (Å²) in [6.45, 7) is 4.67. The number of ether oxygens (including phenoxy) is 3. The Bertz CT molecular complexity index is 718. The topological polar surface area (TPSA) is 44.8 Å². The number of halogens is 2. The normalized spacial score (nSPS) is 10.3. The molecule has 0 unspecified atom stereocenters. The highest BCUT2D eigenvalue weighted by Gasteiger charge is 2.17. The van der Waals surface area contributed by atoms with Gasteiger partial charge in [0.05, 0.1) is 23.2 Å². The maximum Gasteiger partial charge on any atom is 0.338 e. The van der Waals surface area contributed by atoms with Gasteiger partial charge in [-0.2, -0.15) is 0 Å². The number of esters is 1. The summed E-state index contributed by atoms with van der Waals surface area (Å²) >= 11 is 9.58. The molecule has 0 spiro atoms. The van der Waals surface area contributed by atoms with E-state index in [0.29, 0.717) is 39.8 Å². The number of hydrogen-bond donors (Lipinski definition) is 0. The van der Waals surface area contributed by atoms with Crippen LogP contribution < -0.4 is 9.47 Å². The zero-order chi connectivity index (χ0) is 17.5. The Hall–Kier alpha value is -1.72. The van der Waals surface area contributed by atoms with Gasteiger partial charge in [-0.1, -0.05) is 29.8 Å². The Morgan fingerprint density at radius 1 is 1.12 bits per heavy atom. The summed E-state index contributed by atoms with van der Waals surface area (Å²) in [5.74, 6) is 0.587. The predicted octanol–water partition coefficient (Wildman–Crippen LogP) is 5.26. The lowest BCUT2D eigenvalue weighted by Crippen LogP contribution is -2.07. The molecule has 0 atom stereocenters. The second-order valence-electron chi connectivity index (χ2n) is 4.82. The number of carbonyl (C=O) groups is 1. The molecule has 0 saturated carbocycles.